The van der Waals surface area contributed by atoms with Crippen molar-refractivity contribution < 1.29 is 4.74 Å². The van der Waals surface area contributed by atoms with Crippen LogP contribution in [0.5, 0.6) is 0 Å². The topological polar surface area (TPSA) is 34.1 Å². The van der Waals surface area contributed by atoms with E-state index in [0.29, 0.717) is 6.61 Å². The molecule has 0 saturated heterocycles. The third kappa shape index (κ3) is 3.09. The fourth-order valence-electron chi connectivity index (χ4n) is 1.75. The fraction of sp³-hybridized carbons (Fsp3) is 0.357. The van der Waals surface area contributed by atoms with Gasteiger partial charge in [-0.25, -0.2) is 4.98 Å². The van der Waals surface area contributed by atoms with Gasteiger partial charge in [-0.05, 0) is 6.42 Å². The molecule has 0 aliphatic rings. The second-order valence-corrected chi connectivity index (χ2v) is 5.01. The van der Waals surface area contributed by atoms with Crippen LogP contribution in [0.2, 0.25) is 0 Å². The van der Waals surface area contributed by atoms with Gasteiger partial charge >= 0.3 is 0 Å². The van der Waals surface area contributed by atoms with E-state index in [1.807, 2.05) is 18.2 Å². The minimum atomic E-state index is 0.696. The van der Waals surface area contributed by atoms with Crippen LogP contribution in [0, 0.1) is 0 Å². The summed E-state index contributed by atoms with van der Waals surface area (Å²) in [7, 11) is 1.70. The van der Waals surface area contributed by atoms with Gasteiger partial charge in [0.25, 0.3) is 0 Å². The van der Waals surface area contributed by atoms with E-state index >= 15 is 0 Å². The zero-order valence-electron chi connectivity index (χ0n) is 10.8. The summed E-state index contributed by atoms with van der Waals surface area (Å²) in [6, 6.07) is 10.3. The van der Waals surface area contributed by atoms with E-state index in [1.165, 1.54) is 10.4 Å². The molecule has 1 N–H and O–H groups in total. The molecule has 0 saturated carbocycles. The Morgan fingerprint density at radius 3 is 2.72 bits per heavy atom. The van der Waals surface area contributed by atoms with Crippen LogP contribution in [0.1, 0.15) is 11.8 Å². The molecule has 0 spiro atoms. The first kappa shape index (κ1) is 13.1. The normalized spacial score (nSPS) is 10.6. The van der Waals surface area contributed by atoms with Crippen molar-refractivity contribution >= 4 is 16.5 Å². The standard InChI is InChI=1S/C14H18N2OS/c1-3-12-13(11-7-5-4-6-8-11)16-14(18-12)15-9-10-17-2/h4-8H,3,9-10H2,1-2H3,(H,15,16). The SMILES string of the molecule is CCc1sc(NCCOC)nc1-c1ccccc1. The van der Waals surface area contributed by atoms with Crippen LogP contribution in [-0.2, 0) is 11.2 Å². The van der Waals surface area contributed by atoms with E-state index in [2.05, 4.69) is 29.4 Å². The molecular formula is C14H18N2OS. The first-order chi connectivity index (χ1) is 8.85. The van der Waals surface area contributed by atoms with Gasteiger partial charge in [0, 0.05) is 24.1 Å². The molecule has 0 radical (unpaired) electrons. The highest BCUT2D eigenvalue weighted by Crippen LogP contribution is 2.31. The van der Waals surface area contributed by atoms with Gasteiger partial charge < -0.3 is 10.1 Å². The molecule has 4 heteroatoms. The van der Waals surface area contributed by atoms with Gasteiger partial charge in [0.2, 0.25) is 0 Å². The predicted octanol–water partition coefficient (Wildman–Crippen LogP) is 3.43. The minimum absolute atomic E-state index is 0.696. The number of nitrogens with zero attached hydrogens (tertiary/aromatic N) is 1. The number of nitrogens with one attached hydrogen (secondary N) is 1. The molecule has 0 bridgehead atoms. The summed E-state index contributed by atoms with van der Waals surface area (Å²) >= 11 is 1.73. The molecule has 3 nitrogen and oxygen atoms in total. The van der Waals surface area contributed by atoms with Crippen molar-refractivity contribution in [1.29, 1.82) is 0 Å². The van der Waals surface area contributed by atoms with E-state index in [0.717, 1.165) is 23.8 Å². The summed E-state index contributed by atoms with van der Waals surface area (Å²) in [4.78, 5) is 6.00. The maximum atomic E-state index is 5.03. The molecule has 2 rings (SSSR count). The average Bonchev–Trinajstić information content (AvgIpc) is 2.83. The molecule has 0 amide bonds. The van der Waals surface area contributed by atoms with Crippen LogP contribution < -0.4 is 5.32 Å². The predicted molar refractivity (Wildman–Crippen MR) is 77.3 cm³/mol. The van der Waals surface area contributed by atoms with E-state index < -0.39 is 0 Å². The lowest BCUT2D eigenvalue weighted by atomic mass is 10.1. The molecule has 1 aromatic carbocycles. The van der Waals surface area contributed by atoms with Crippen molar-refractivity contribution in [2.45, 2.75) is 13.3 Å². The van der Waals surface area contributed by atoms with Gasteiger partial charge in [0.05, 0.1) is 12.3 Å². The zero-order chi connectivity index (χ0) is 12.8. The van der Waals surface area contributed by atoms with Crippen molar-refractivity contribution in [3.8, 4) is 11.3 Å². The Morgan fingerprint density at radius 1 is 1.28 bits per heavy atom. The molecule has 0 aliphatic heterocycles. The largest absolute Gasteiger partial charge is 0.383 e. The number of thiazole rings is 1. The van der Waals surface area contributed by atoms with E-state index in [9.17, 15) is 0 Å². The Hall–Kier alpha value is -1.39. The quantitative estimate of drug-likeness (QED) is 0.810. The summed E-state index contributed by atoms with van der Waals surface area (Å²) in [5.41, 5.74) is 2.29. The van der Waals surface area contributed by atoms with Gasteiger partial charge in [0.15, 0.2) is 5.13 Å². The lowest BCUT2D eigenvalue weighted by Crippen LogP contribution is -2.06. The summed E-state index contributed by atoms with van der Waals surface area (Å²) < 4.78 is 5.03. The summed E-state index contributed by atoms with van der Waals surface area (Å²) in [5, 5.41) is 4.27. The number of ether oxygens (including phenoxy) is 1. The highest BCUT2D eigenvalue weighted by atomic mass is 32.1. The Morgan fingerprint density at radius 2 is 2.06 bits per heavy atom. The maximum Gasteiger partial charge on any atom is 0.183 e. The second-order valence-electron chi connectivity index (χ2n) is 3.93. The second kappa shape index (κ2) is 6.52. The lowest BCUT2D eigenvalue weighted by molar-refractivity contribution is 0.211. The number of hydrogen-bond acceptors (Lipinski definition) is 4. The number of aromatic nitrogens is 1. The van der Waals surface area contributed by atoms with Gasteiger partial charge in [0.1, 0.15) is 0 Å². The maximum absolute atomic E-state index is 5.03. The van der Waals surface area contributed by atoms with Crippen LogP contribution >= 0.6 is 11.3 Å². The molecule has 0 fully saturated rings. The third-order valence-corrected chi connectivity index (χ3v) is 3.81. The molecule has 1 aromatic heterocycles. The Bertz CT molecular complexity index is 482. The van der Waals surface area contributed by atoms with Crippen molar-refractivity contribution in [2.75, 3.05) is 25.6 Å². The molecule has 0 atom stereocenters. The van der Waals surface area contributed by atoms with Crippen LogP contribution in [-0.4, -0.2) is 25.2 Å². The van der Waals surface area contributed by atoms with Crippen molar-refractivity contribution in [2.24, 2.45) is 0 Å². The zero-order valence-corrected chi connectivity index (χ0v) is 11.6. The highest BCUT2D eigenvalue weighted by molar-refractivity contribution is 7.16. The van der Waals surface area contributed by atoms with Crippen LogP contribution in [0.25, 0.3) is 11.3 Å². The van der Waals surface area contributed by atoms with Crippen molar-refractivity contribution in [3.63, 3.8) is 0 Å². The molecule has 2 aromatic rings. The lowest BCUT2D eigenvalue weighted by Gasteiger charge is -2.00. The monoisotopic (exact) mass is 262 g/mol. The van der Waals surface area contributed by atoms with E-state index in [-0.39, 0.29) is 0 Å². The first-order valence-corrected chi connectivity index (χ1v) is 6.94. The number of anilines is 1. The van der Waals surface area contributed by atoms with Crippen LogP contribution in [0.3, 0.4) is 0 Å². The van der Waals surface area contributed by atoms with Gasteiger partial charge in [-0.1, -0.05) is 37.3 Å². The molecular weight excluding hydrogens is 244 g/mol. The number of rotatable bonds is 6. The van der Waals surface area contributed by atoms with Crippen LogP contribution in [0.4, 0.5) is 5.13 Å². The summed E-state index contributed by atoms with van der Waals surface area (Å²) in [5.74, 6) is 0. The summed E-state index contributed by atoms with van der Waals surface area (Å²) in [6.07, 6.45) is 1.01. The Kier molecular flexibility index (Phi) is 4.73. The highest BCUT2D eigenvalue weighted by Gasteiger charge is 2.10. The number of hydrogen-bond donors (Lipinski definition) is 1. The third-order valence-electron chi connectivity index (χ3n) is 2.65. The average molecular weight is 262 g/mol. The van der Waals surface area contributed by atoms with Crippen molar-refractivity contribution in [1.82, 2.24) is 4.98 Å². The van der Waals surface area contributed by atoms with Crippen LogP contribution in [0.15, 0.2) is 30.3 Å². The number of benzene rings is 1. The van der Waals surface area contributed by atoms with E-state index in [4.69, 9.17) is 4.74 Å². The van der Waals surface area contributed by atoms with Crippen molar-refractivity contribution in [3.05, 3.63) is 35.2 Å². The van der Waals surface area contributed by atoms with Gasteiger partial charge in [-0.2, -0.15) is 0 Å². The number of methoxy groups -OCH3 is 1. The smallest absolute Gasteiger partial charge is 0.183 e. The minimum Gasteiger partial charge on any atom is -0.383 e. The van der Waals surface area contributed by atoms with Gasteiger partial charge in [-0.15, -0.1) is 11.3 Å². The number of aryl methyl sites for hydroxylation is 1. The Balaban J connectivity index is 2.19. The molecule has 96 valence electrons. The summed E-state index contributed by atoms with van der Waals surface area (Å²) in [6.45, 7) is 3.65. The molecule has 1 heterocycles. The fourth-order valence-corrected chi connectivity index (χ4v) is 2.70. The molecule has 18 heavy (non-hydrogen) atoms. The first-order valence-electron chi connectivity index (χ1n) is 6.13. The molecule has 0 unspecified atom stereocenters. The van der Waals surface area contributed by atoms with Gasteiger partial charge in [-0.3, -0.25) is 0 Å². The molecule has 0 aliphatic carbocycles. The Labute approximate surface area is 112 Å². The van der Waals surface area contributed by atoms with E-state index in [1.54, 1.807) is 18.4 Å².